The Morgan fingerprint density at radius 2 is 1.95 bits per heavy atom. The van der Waals surface area contributed by atoms with E-state index in [0.29, 0.717) is 45.0 Å². The lowest BCUT2D eigenvalue weighted by Gasteiger charge is -2.38. The van der Waals surface area contributed by atoms with E-state index in [4.69, 9.17) is 14.2 Å². The number of rotatable bonds is 6. The van der Waals surface area contributed by atoms with Crippen molar-refractivity contribution in [2.45, 2.75) is 64.6 Å². The summed E-state index contributed by atoms with van der Waals surface area (Å²) in [6, 6.07) is 8.06. The molecule has 2 amide bonds. The second kappa shape index (κ2) is 10.5. The van der Waals surface area contributed by atoms with Crippen LogP contribution in [0.25, 0.3) is 11.0 Å². The number of likely N-dealkylation sites (tertiary alicyclic amines) is 1. The smallest absolute Gasteiger partial charge is 0.407 e. The normalized spacial score (nSPS) is 16.3. The fourth-order valence-electron chi connectivity index (χ4n) is 5.65. The van der Waals surface area contributed by atoms with Gasteiger partial charge < -0.3 is 29.0 Å². The van der Waals surface area contributed by atoms with Crippen molar-refractivity contribution in [2.75, 3.05) is 33.4 Å². The largest absolute Gasteiger partial charge is 0.492 e. The summed E-state index contributed by atoms with van der Waals surface area (Å²) in [5, 5.41) is 2.84. The molecule has 208 valence electrons. The van der Waals surface area contributed by atoms with Crippen LogP contribution >= 0.6 is 0 Å². The number of ether oxygens (including phenoxy) is 3. The number of nitrogens with zero attached hydrogens (tertiary/aromatic N) is 3. The van der Waals surface area contributed by atoms with Gasteiger partial charge in [0.15, 0.2) is 0 Å². The summed E-state index contributed by atoms with van der Waals surface area (Å²) in [5.74, 6) is 0.898. The topological polar surface area (TPSA) is 94.9 Å². The van der Waals surface area contributed by atoms with Crippen LogP contribution in [0.15, 0.2) is 36.7 Å². The molecule has 0 aliphatic carbocycles. The first-order valence-electron chi connectivity index (χ1n) is 13.6. The molecule has 1 spiro atoms. The van der Waals surface area contributed by atoms with Crippen LogP contribution in [0, 0.1) is 6.92 Å². The molecule has 9 heteroatoms. The number of amides is 2. The third kappa shape index (κ3) is 5.45. The fraction of sp³-hybridized carbons (Fsp3) is 0.500. The van der Waals surface area contributed by atoms with Crippen LogP contribution in [-0.2, 0) is 28.0 Å². The van der Waals surface area contributed by atoms with Gasteiger partial charge in [0, 0.05) is 56.7 Å². The molecule has 0 atom stereocenters. The number of carbonyl (C=O) groups is 2. The Bertz CT molecular complexity index is 1380. The molecular formula is C30H38N4O5. The van der Waals surface area contributed by atoms with E-state index in [1.54, 1.807) is 13.3 Å². The third-order valence-corrected chi connectivity index (χ3v) is 7.68. The summed E-state index contributed by atoms with van der Waals surface area (Å²) in [5.41, 5.74) is 4.92. The minimum atomic E-state index is -0.543. The number of carbonyl (C=O) groups excluding carboxylic acids is 2. The highest BCUT2D eigenvalue weighted by molar-refractivity contribution is 6.06. The first-order chi connectivity index (χ1) is 18.6. The Kier molecular flexibility index (Phi) is 7.29. The van der Waals surface area contributed by atoms with Crippen molar-refractivity contribution in [3.8, 4) is 5.75 Å². The number of hydrogen-bond acceptors (Lipinski definition) is 6. The van der Waals surface area contributed by atoms with Crippen molar-refractivity contribution < 1.29 is 23.8 Å². The molecule has 1 fully saturated rings. The van der Waals surface area contributed by atoms with Gasteiger partial charge in [0.05, 0.1) is 24.3 Å². The lowest BCUT2D eigenvalue weighted by atomic mass is 9.74. The zero-order valence-electron chi connectivity index (χ0n) is 23.5. The van der Waals surface area contributed by atoms with Gasteiger partial charge in [-0.25, -0.2) is 4.79 Å². The molecule has 1 saturated heterocycles. The standard InChI is InChI=1S/C30H38N4O5/c1-20-8-11-31-25-22(18-34(26(20)25)14-15-37-5)27(35)33-12-9-30(10-13-33)19-38-24-7-6-21(16-23(24)30)17-32-28(36)39-29(2,3)4/h6-8,11,16,18H,9-10,12-15,17,19H2,1-5H3,(H,32,36). The minimum absolute atomic E-state index is 0.0126. The van der Waals surface area contributed by atoms with Gasteiger partial charge in [0.1, 0.15) is 16.9 Å². The summed E-state index contributed by atoms with van der Waals surface area (Å²) in [4.78, 5) is 32.4. The van der Waals surface area contributed by atoms with Crippen LogP contribution in [0.4, 0.5) is 4.79 Å². The Balaban J connectivity index is 1.30. The number of nitrogens with one attached hydrogen (secondary N) is 1. The molecule has 3 aromatic rings. The summed E-state index contributed by atoms with van der Waals surface area (Å²) < 4.78 is 18.8. The minimum Gasteiger partial charge on any atom is -0.492 e. The molecule has 2 aliphatic rings. The van der Waals surface area contributed by atoms with E-state index in [2.05, 4.69) is 20.9 Å². The molecule has 2 aliphatic heterocycles. The maximum absolute atomic E-state index is 13.7. The highest BCUT2D eigenvalue weighted by Crippen LogP contribution is 2.46. The van der Waals surface area contributed by atoms with Crippen LogP contribution in [0.1, 0.15) is 60.7 Å². The Morgan fingerprint density at radius 1 is 1.18 bits per heavy atom. The predicted octanol–water partition coefficient (Wildman–Crippen LogP) is 4.58. The van der Waals surface area contributed by atoms with Crippen LogP contribution in [0.2, 0.25) is 0 Å². The average Bonchev–Trinajstić information content (AvgIpc) is 3.44. The predicted molar refractivity (Wildman–Crippen MR) is 148 cm³/mol. The quantitative estimate of drug-likeness (QED) is 0.497. The highest BCUT2D eigenvalue weighted by Gasteiger charge is 2.44. The lowest BCUT2D eigenvalue weighted by Crippen LogP contribution is -2.46. The molecule has 0 bridgehead atoms. The summed E-state index contributed by atoms with van der Waals surface area (Å²) in [7, 11) is 1.68. The molecule has 0 unspecified atom stereocenters. The summed E-state index contributed by atoms with van der Waals surface area (Å²) in [6.07, 6.45) is 4.87. The maximum atomic E-state index is 13.7. The molecular weight excluding hydrogens is 496 g/mol. The van der Waals surface area contributed by atoms with Crippen molar-refractivity contribution in [1.29, 1.82) is 0 Å². The molecule has 0 saturated carbocycles. The van der Waals surface area contributed by atoms with Crippen LogP contribution < -0.4 is 10.1 Å². The van der Waals surface area contributed by atoms with E-state index in [1.807, 2.05) is 57.0 Å². The van der Waals surface area contributed by atoms with Crippen molar-refractivity contribution >= 4 is 23.0 Å². The van der Waals surface area contributed by atoms with Gasteiger partial charge in [0.2, 0.25) is 0 Å². The van der Waals surface area contributed by atoms with Crippen LogP contribution in [0.3, 0.4) is 0 Å². The second-order valence-electron chi connectivity index (χ2n) is 11.6. The van der Waals surface area contributed by atoms with Crippen LogP contribution in [-0.4, -0.2) is 65.5 Å². The van der Waals surface area contributed by atoms with Gasteiger partial charge in [-0.1, -0.05) is 6.07 Å². The number of pyridine rings is 1. The van der Waals surface area contributed by atoms with Gasteiger partial charge >= 0.3 is 6.09 Å². The monoisotopic (exact) mass is 534 g/mol. The number of alkyl carbamates (subject to hydrolysis) is 1. The lowest BCUT2D eigenvalue weighted by molar-refractivity contribution is 0.0523. The van der Waals surface area contributed by atoms with E-state index in [0.717, 1.165) is 46.3 Å². The first-order valence-corrected chi connectivity index (χ1v) is 13.6. The molecule has 1 aromatic carbocycles. The first kappa shape index (κ1) is 27.0. The SMILES string of the molecule is COCCn1cc(C(=O)N2CCC3(CC2)COc2ccc(CNC(=O)OC(C)(C)C)cc23)c2nccc(C)c21. The number of aromatic nitrogens is 2. The molecule has 9 nitrogen and oxygen atoms in total. The van der Waals surface area contributed by atoms with Gasteiger partial charge in [-0.2, -0.15) is 0 Å². The zero-order valence-corrected chi connectivity index (χ0v) is 23.5. The molecule has 2 aromatic heterocycles. The Morgan fingerprint density at radius 3 is 2.67 bits per heavy atom. The number of piperidine rings is 1. The van der Waals surface area contributed by atoms with Gasteiger partial charge in [0.25, 0.3) is 5.91 Å². The van der Waals surface area contributed by atoms with Crippen molar-refractivity contribution in [1.82, 2.24) is 19.8 Å². The van der Waals surface area contributed by atoms with E-state index in [-0.39, 0.29) is 11.3 Å². The highest BCUT2D eigenvalue weighted by atomic mass is 16.6. The van der Waals surface area contributed by atoms with Crippen molar-refractivity contribution in [3.05, 3.63) is 58.9 Å². The van der Waals surface area contributed by atoms with E-state index < -0.39 is 11.7 Å². The molecule has 4 heterocycles. The average molecular weight is 535 g/mol. The fourth-order valence-corrected chi connectivity index (χ4v) is 5.65. The zero-order chi connectivity index (χ0) is 27.8. The van der Waals surface area contributed by atoms with Crippen molar-refractivity contribution in [3.63, 3.8) is 0 Å². The molecule has 1 N–H and O–H groups in total. The number of methoxy groups -OCH3 is 1. The van der Waals surface area contributed by atoms with Gasteiger partial charge in [-0.15, -0.1) is 0 Å². The Labute approximate surface area is 229 Å². The van der Waals surface area contributed by atoms with Gasteiger partial charge in [-0.3, -0.25) is 9.78 Å². The molecule has 39 heavy (non-hydrogen) atoms. The van der Waals surface area contributed by atoms with E-state index in [1.165, 1.54) is 0 Å². The van der Waals surface area contributed by atoms with E-state index in [9.17, 15) is 9.59 Å². The second-order valence-corrected chi connectivity index (χ2v) is 11.6. The third-order valence-electron chi connectivity index (χ3n) is 7.68. The number of benzene rings is 1. The Hall–Kier alpha value is -3.59. The molecule has 0 radical (unpaired) electrons. The summed E-state index contributed by atoms with van der Waals surface area (Å²) in [6.45, 7) is 11.1. The van der Waals surface area contributed by atoms with Crippen LogP contribution in [0.5, 0.6) is 5.75 Å². The van der Waals surface area contributed by atoms with Crippen molar-refractivity contribution in [2.24, 2.45) is 0 Å². The molecule has 5 rings (SSSR count). The van der Waals surface area contributed by atoms with Gasteiger partial charge in [-0.05, 0) is 69.9 Å². The maximum Gasteiger partial charge on any atom is 0.407 e. The number of aryl methyl sites for hydroxylation is 1. The number of hydrogen-bond donors (Lipinski definition) is 1. The number of fused-ring (bicyclic) bond motifs is 3. The summed E-state index contributed by atoms with van der Waals surface area (Å²) >= 11 is 0. The van der Waals surface area contributed by atoms with E-state index >= 15 is 0 Å².